The summed E-state index contributed by atoms with van der Waals surface area (Å²) in [5.41, 5.74) is 0.715. The molecule has 1 aromatic carbocycles. The van der Waals surface area contributed by atoms with Crippen molar-refractivity contribution in [2.75, 3.05) is 13.2 Å². The lowest BCUT2D eigenvalue weighted by Gasteiger charge is -2.38. The van der Waals surface area contributed by atoms with E-state index in [4.69, 9.17) is 9.88 Å². The molecule has 8 heteroatoms. The molecule has 0 saturated carbocycles. The Labute approximate surface area is 155 Å². The van der Waals surface area contributed by atoms with E-state index in [0.717, 1.165) is 25.8 Å². The van der Waals surface area contributed by atoms with Crippen LogP contribution in [0.25, 0.3) is 0 Å². The highest BCUT2D eigenvalue weighted by Crippen LogP contribution is 2.23. The molecule has 0 aromatic heterocycles. The van der Waals surface area contributed by atoms with Crippen molar-refractivity contribution in [1.29, 1.82) is 0 Å². The lowest BCUT2D eigenvalue weighted by atomic mass is 10.0. The van der Waals surface area contributed by atoms with E-state index >= 15 is 0 Å². The van der Waals surface area contributed by atoms with Gasteiger partial charge in [0, 0.05) is 36.7 Å². The number of nitrogens with two attached hydrogens (primary N) is 1. The number of nitrogens with zero attached hydrogens (tertiary/aromatic N) is 2. The van der Waals surface area contributed by atoms with Crippen molar-refractivity contribution in [3.63, 3.8) is 0 Å². The SMILES string of the molecule is C=CC[C@@H](O)N1CCCCC1COc1cc#ccc1C(C)=NS(N)(=O)=O. The first-order valence-corrected chi connectivity index (χ1v) is 10.0. The molecule has 1 fully saturated rings. The maximum atomic E-state index is 11.2. The van der Waals surface area contributed by atoms with Gasteiger partial charge in [-0.3, -0.25) is 4.90 Å². The number of ether oxygens (including phenoxy) is 1. The van der Waals surface area contributed by atoms with E-state index in [-0.39, 0.29) is 11.8 Å². The Bertz CT molecular complexity index is 749. The van der Waals surface area contributed by atoms with Gasteiger partial charge in [-0.05, 0) is 19.8 Å². The molecule has 26 heavy (non-hydrogen) atoms. The zero-order chi connectivity index (χ0) is 19.2. The zero-order valence-electron chi connectivity index (χ0n) is 14.9. The van der Waals surface area contributed by atoms with E-state index in [1.165, 1.54) is 0 Å². The van der Waals surface area contributed by atoms with Crippen molar-refractivity contribution in [3.8, 4) is 5.75 Å². The van der Waals surface area contributed by atoms with Crippen molar-refractivity contribution < 1.29 is 18.3 Å². The summed E-state index contributed by atoms with van der Waals surface area (Å²) < 4.78 is 31.8. The van der Waals surface area contributed by atoms with Crippen LogP contribution >= 0.6 is 0 Å². The standard InChI is InChI=1S/C18H25N3O4S/c1-3-8-18(22)21-12-7-6-9-15(21)13-25-17-11-5-4-10-16(17)14(2)20-26(19,23)24/h3,10-11,15,18,22H,1,6-9,12-13H2,2H3,(H2,19,23,24)/t15?,18-/m1/s1. The molecule has 1 aliphatic heterocycles. The molecule has 1 saturated heterocycles. The zero-order valence-corrected chi connectivity index (χ0v) is 15.7. The average Bonchev–Trinajstić information content (AvgIpc) is 2.59. The Balaban J connectivity index is 2.13. The summed E-state index contributed by atoms with van der Waals surface area (Å²) in [5, 5.41) is 15.3. The Kier molecular flexibility index (Phi) is 7.17. The third kappa shape index (κ3) is 5.81. The molecule has 142 valence electrons. The molecule has 0 radical (unpaired) electrons. The summed E-state index contributed by atoms with van der Waals surface area (Å²) in [6.45, 7) is 6.38. The van der Waals surface area contributed by atoms with E-state index in [9.17, 15) is 13.5 Å². The highest BCUT2D eigenvalue weighted by molar-refractivity contribution is 7.88. The minimum absolute atomic E-state index is 0.0613. The fraction of sp³-hybridized carbons (Fsp3) is 0.500. The molecule has 2 rings (SSSR count). The monoisotopic (exact) mass is 379 g/mol. The molecule has 1 heterocycles. The van der Waals surface area contributed by atoms with Crippen LogP contribution in [0.4, 0.5) is 0 Å². The fourth-order valence-corrected chi connectivity index (χ4v) is 3.56. The van der Waals surface area contributed by atoms with Gasteiger partial charge in [-0.2, -0.15) is 12.8 Å². The number of aliphatic hydroxyl groups excluding tert-OH is 1. The third-order valence-electron chi connectivity index (χ3n) is 4.29. The normalized spacial score (nSPS) is 20.3. The third-order valence-corrected chi connectivity index (χ3v) is 4.82. The van der Waals surface area contributed by atoms with Crippen LogP contribution in [-0.2, 0) is 10.2 Å². The number of hydrogen-bond donors (Lipinski definition) is 2. The van der Waals surface area contributed by atoms with Crippen LogP contribution in [0.1, 0.15) is 38.2 Å². The van der Waals surface area contributed by atoms with Crippen molar-refractivity contribution >= 4 is 15.9 Å². The van der Waals surface area contributed by atoms with Crippen molar-refractivity contribution in [3.05, 3.63) is 42.5 Å². The molecule has 7 nitrogen and oxygen atoms in total. The highest BCUT2D eigenvalue weighted by atomic mass is 32.2. The maximum Gasteiger partial charge on any atom is 0.317 e. The number of rotatable bonds is 8. The first kappa shape index (κ1) is 20.4. The number of likely N-dealkylation sites (tertiary alicyclic amines) is 1. The second kappa shape index (κ2) is 9.14. The van der Waals surface area contributed by atoms with Crippen molar-refractivity contribution in [1.82, 2.24) is 4.90 Å². The van der Waals surface area contributed by atoms with Gasteiger partial charge in [0.05, 0.1) is 5.71 Å². The Morgan fingerprint density at radius 1 is 1.54 bits per heavy atom. The average molecular weight is 379 g/mol. The van der Waals surface area contributed by atoms with Crippen LogP contribution in [0.2, 0.25) is 0 Å². The molecule has 1 aromatic rings. The van der Waals surface area contributed by atoms with Gasteiger partial charge < -0.3 is 9.84 Å². The Morgan fingerprint density at radius 2 is 2.27 bits per heavy atom. The largest absolute Gasteiger partial charge is 0.491 e. The molecule has 3 N–H and O–H groups in total. The van der Waals surface area contributed by atoms with Crippen molar-refractivity contribution in [2.45, 2.75) is 44.9 Å². The van der Waals surface area contributed by atoms with Gasteiger partial charge in [0.25, 0.3) is 0 Å². The van der Waals surface area contributed by atoms with E-state index in [0.29, 0.717) is 24.3 Å². The second-order valence-electron chi connectivity index (χ2n) is 6.25. The summed E-state index contributed by atoms with van der Waals surface area (Å²) in [6, 6.07) is 8.78. The molecule has 0 amide bonds. The van der Waals surface area contributed by atoms with Gasteiger partial charge in [0.15, 0.2) is 0 Å². The summed E-state index contributed by atoms with van der Waals surface area (Å²) in [5.74, 6) is 0.456. The molecule has 0 bridgehead atoms. The van der Waals surface area contributed by atoms with Gasteiger partial charge in [-0.1, -0.05) is 24.6 Å². The number of piperidine rings is 1. The van der Waals surface area contributed by atoms with Crippen molar-refractivity contribution in [2.24, 2.45) is 9.54 Å². The van der Waals surface area contributed by atoms with E-state index in [1.807, 2.05) is 4.90 Å². The summed E-state index contributed by atoms with van der Waals surface area (Å²) >= 11 is 0. The minimum atomic E-state index is -3.99. The van der Waals surface area contributed by atoms with E-state index in [1.54, 1.807) is 25.1 Å². The molecule has 0 aliphatic carbocycles. The minimum Gasteiger partial charge on any atom is -0.491 e. The van der Waals surface area contributed by atoms with Crippen LogP contribution in [-0.4, -0.2) is 49.6 Å². The second-order valence-corrected chi connectivity index (χ2v) is 7.46. The molecular weight excluding hydrogens is 354 g/mol. The van der Waals surface area contributed by atoms with E-state index < -0.39 is 16.4 Å². The van der Waals surface area contributed by atoms with Crippen LogP contribution in [0.3, 0.4) is 0 Å². The summed E-state index contributed by atoms with van der Waals surface area (Å²) in [7, 11) is -3.99. The topological polar surface area (TPSA) is 105 Å². The molecule has 1 unspecified atom stereocenters. The lowest BCUT2D eigenvalue weighted by Crippen LogP contribution is -2.48. The first-order valence-electron chi connectivity index (χ1n) is 8.50. The highest BCUT2D eigenvalue weighted by Gasteiger charge is 2.27. The lowest BCUT2D eigenvalue weighted by molar-refractivity contribution is -0.0493. The molecular formula is C18H25N3O4S. The first-order chi connectivity index (χ1) is 12.3. The smallest absolute Gasteiger partial charge is 0.317 e. The molecule has 0 spiro atoms. The van der Waals surface area contributed by atoms with Gasteiger partial charge in [0.2, 0.25) is 0 Å². The van der Waals surface area contributed by atoms with Crippen LogP contribution in [0.5, 0.6) is 5.75 Å². The molecule has 2 atom stereocenters. The fourth-order valence-electron chi connectivity index (χ4n) is 3.08. The van der Waals surface area contributed by atoms with E-state index in [2.05, 4.69) is 23.1 Å². The van der Waals surface area contributed by atoms with Gasteiger partial charge in [-0.15, -0.1) is 6.58 Å². The predicted octanol–water partition coefficient (Wildman–Crippen LogP) is 1.43. The quantitative estimate of drug-likeness (QED) is 0.525. The van der Waals surface area contributed by atoms with Gasteiger partial charge >= 0.3 is 10.2 Å². The summed E-state index contributed by atoms with van der Waals surface area (Å²) in [6.07, 6.45) is 4.63. The van der Waals surface area contributed by atoms with Crippen LogP contribution < -0.4 is 9.88 Å². The Hall–Kier alpha value is -1.92. The molecule has 1 aliphatic rings. The predicted molar refractivity (Wildman–Crippen MR) is 100 cm³/mol. The van der Waals surface area contributed by atoms with Gasteiger partial charge in [0.1, 0.15) is 18.6 Å². The Morgan fingerprint density at radius 3 is 2.96 bits per heavy atom. The van der Waals surface area contributed by atoms with Gasteiger partial charge in [-0.25, -0.2) is 5.14 Å². The summed E-state index contributed by atoms with van der Waals surface area (Å²) in [4.78, 5) is 2.02. The van der Waals surface area contributed by atoms with Crippen LogP contribution in [0.15, 0.2) is 29.2 Å². The van der Waals surface area contributed by atoms with Crippen LogP contribution in [0, 0.1) is 12.1 Å². The number of hydrogen-bond acceptors (Lipinski definition) is 5. The number of aliphatic hydroxyl groups is 1. The maximum absolute atomic E-state index is 11.2.